The molecule has 0 aliphatic carbocycles. The lowest BCUT2D eigenvalue weighted by Crippen LogP contribution is -2.59. The van der Waals surface area contributed by atoms with Gasteiger partial charge in [0.05, 0.1) is 33.0 Å². The smallest absolute Gasteiger partial charge is 0.410 e. The molecule has 3 aromatic carbocycles. The summed E-state index contributed by atoms with van der Waals surface area (Å²) in [5.74, 6) is 0.767. The van der Waals surface area contributed by atoms with Crippen molar-refractivity contribution < 1.29 is 33.3 Å². The molecule has 2 fully saturated rings. The lowest BCUT2D eigenvalue weighted by Gasteiger charge is -2.44. The van der Waals surface area contributed by atoms with E-state index < -0.39 is 5.60 Å². The Bertz CT molecular complexity index is 1720. The maximum absolute atomic E-state index is 13.3. The summed E-state index contributed by atoms with van der Waals surface area (Å²) in [6, 6.07) is 31.2. The van der Waals surface area contributed by atoms with Crippen LogP contribution in [-0.4, -0.2) is 90.5 Å². The lowest BCUT2D eigenvalue weighted by atomic mass is 10.1. The first-order chi connectivity index (χ1) is 25.5. The average molecular weight is 725 g/mol. The van der Waals surface area contributed by atoms with Crippen LogP contribution in [0.4, 0.5) is 10.5 Å². The molecule has 282 valence electrons. The van der Waals surface area contributed by atoms with Crippen LogP contribution in [0.15, 0.2) is 97.1 Å². The lowest BCUT2D eigenvalue weighted by molar-refractivity contribution is -0.119. The van der Waals surface area contributed by atoms with E-state index in [1.165, 1.54) is 0 Å². The van der Waals surface area contributed by atoms with E-state index in [0.717, 1.165) is 48.7 Å². The van der Waals surface area contributed by atoms with Crippen LogP contribution in [-0.2, 0) is 32.2 Å². The highest BCUT2D eigenvalue weighted by Gasteiger charge is 2.34. The second-order valence-corrected chi connectivity index (χ2v) is 14.2. The standard InChI is InChI=1S/C38H44N4O5.C4H8O2/c1-27-22-41(37(44)47-38(3,4)5)23-28(2)42(27)24-34(43)39-32-18-12-17-31(21-32)33-19-20-35(45-25-29-13-8-6-9-14-29)40-36(33)46-26-30-15-10-7-11-16-30;1-2-6-4-3-5-1/h6-21,27-28H,22-26H2,1-5H3,(H,39,43);1-4H2/t27-,28+;. The van der Waals surface area contributed by atoms with Gasteiger partial charge in [0.1, 0.15) is 18.8 Å². The molecule has 0 unspecified atom stereocenters. The fourth-order valence-electron chi connectivity index (χ4n) is 6.01. The predicted molar refractivity (Wildman–Crippen MR) is 205 cm³/mol. The van der Waals surface area contributed by atoms with Gasteiger partial charge in [0.15, 0.2) is 0 Å². The molecule has 11 heteroatoms. The number of rotatable bonds is 10. The highest BCUT2D eigenvalue weighted by atomic mass is 16.6. The fraction of sp³-hybridized carbons (Fsp3) is 0.405. The quantitative estimate of drug-likeness (QED) is 0.181. The molecule has 2 aliphatic rings. The number of aromatic nitrogens is 1. The topological polar surface area (TPSA) is 112 Å². The zero-order valence-electron chi connectivity index (χ0n) is 31.5. The third-order valence-corrected chi connectivity index (χ3v) is 8.56. The maximum Gasteiger partial charge on any atom is 0.410 e. The molecule has 2 aliphatic heterocycles. The maximum atomic E-state index is 13.3. The van der Waals surface area contributed by atoms with E-state index in [0.29, 0.717) is 43.8 Å². The van der Waals surface area contributed by atoms with E-state index in [2.05, 4.69) is 10.2 Å². The number of nitrogens with zero attached hydrogens (tertiary/aromatic N) is 3. The number of pyridine rings is 1. The van der Waals surface area contributed by atoms with Crippen molar-refractivity contribution in [2.45, 2.75) is 65.5 Å². The first kappa shape index (κ1) is 39.2. The van der Waals surface area contributed by atoms with Crippen molar-refractivity contribution in [1.29, 1.82) is 0 Å². The van der Waals surface area contributed by atoms with Crippen LogP contribution >= 0.6 is 0 Å². The van der Waals surface area contributed by atoms with Crippen molar-refractivity contribution in [3.63, 3.8) is 0 Å². The van der Waals surface area contributed by atoms with Gasteiger partial charge in [0.25, 0.3) is 0 Å². The highest BCUT2D eigenvalue weighted by Crippen LogP contribution is 2.33. The Morgan fingerprint density at radius 2 is 1.36 bits per heavy atom. The summed E-state index contributed by atoms with van der Waals surface area (Å²) in [4.78, 5) is 34.5. The monoisotopic (exact) mass is 724 g/mol. The Hall–Kier alpha value is -4.97. The molecule has 2 amide bonds. The minimum absolute atomic E-state index is 0.0126. The van der Waals surface area contributed by atoms with Gasteiger partial charge in [-0.05, 0) is 69.5 Å². The Morgan fingerprint density at radius 3 is 1.92 bits per heavy atom. The molecule has 2 atom stereocenters. The number of amides is 2. The third-order valence-electron chi connectivity index (χ3n) is 8.56. The van der Waals surface area contributed by atoms with Gasteiger partial charge < -0.3 is 33.9 Å². The summed E-state index contributed by atoms with van der Waals surface area (Å²) in [6.07, 6.45) is -0.325. The van der Waals surface area contributed by atoms with E-state index in [-0.39, 0.29) is 30.6 Å². The Balaban J connectivity index is 0.000000820. The number of carbonyl (C=O) groups is 2. The summed E-state index contributed by atoms with van der Waals surface area (Å²) >= 11 is 0. The Morgan fingerprint density at radius 1 is 0.774 bits per heavy atom. The van der Waals surface area contributed by atoms with Gasteiger partial charge in [0.2, 0.25) is 17.7 Å². The van der Waals surface area contributed by atoms with Crippen molar-refractivity contribution in [3.05, 3.63) is 108 Å². The van der Waals surface area contributed by atoms with Crippen LogP contribution in [0.1, 0.15) is 45.7 Å². The number of carbonyl (C=O) groups excluding carboxylic acids is 2. The first-order valence-electron chi connectivity index (χ1n) is 18.2. The summed E-state index contributed by atoms with van der Waals surface area (Å²) in [5, 5.41) is 3.06. The molecule has 0 spiro atoms. The molecule has 6 rings (SSSR count). The van der Waals surface area contributed by atoms with Crippen LogP contribution in [0.25, 0.3) is 11.1 Å². The van der Waals surface area contributed by atoms with Crippen LogP contribution in [0.3, 0.4) is 0 Å². The number of hydrogen-bond acceptors (Lipinski definition) is 9. The first-order valence-corrected chi connectivity index (χ1v) is 18.2. The van der Waals surface area contributed by atoms with Crippen molar-refractivity contribution in [1.82, 2.24) is 14.8 Å². The Labute approximate surface area is 313 Å². The van der Waals surface area contributed by atoms with Gasteiger partial charge >= 0.3 is 6.09 Å². The third kappa shape index (κ3) is 12.6. The summed E-state index contributed by atoms with van der Waals surface area (Å²) in [5.41, 5.74) is 3.80. The van der Waals surface area contributed by atoms with Gasteiger partial charge in [-0.1, -0.05) is 72.8 Å². The molecule has 3 heterocycles. The SMILES string of the molecule is C1COCCO1.C[C@@H]1CN(C(=O)OC(C)(C)C)C[C@H](C)N1CC(=O)Nc1cccc(-c2ccc(OCc3ccccc3)nc2OCc2ccccc2)c1. The van der Waals surface area contributed by atoms with Gasteiger partial charge in [-0.15, -0.1) is 0 Å². The molecule has 1 aromatic heterocycles. The molecule has 0 saturated carbocycles. The molecular formula is C42H52N4O7. The fourth-order valence-corrected chi connectivity index (χ4v) is 6.01. The van der Waals surface area contributed by atoms with Crippen molar-refractivity contribution in [3.8, 4) is 22.9 Å². The van der Waals surface area contributed by atoms with Crippen molar-refractivity contribution >= 4 is 17.7 Å². The number of ether oxygens (including phenoxy) is 5. The predicted octanol–water partition coefficient (Wildman–Crippen LogP) is 7.21. The molecule has 4 aromatic rings. The minimum Gasteiger partial charge on any atom is -0.473 e. The average Bonchev–Trinajstić information content (AvgIpc) is 3.16. The van der Waals surface area contributed by atoms with Crippen molar-refractivity contribution in [2.75, 3.05) is 51.4 Å². The zero-order valence-corrected chi connectivity index (χ0v) is 31.5. The van der Waals surface area contributed by atoms with E-state index >= 15 is 0 Å². The molecule has 0 radical (unpaired) electrons. The molecule has 11 nitrogen and oxygen atoms in total. The molecule has 0 bridgehead atoms. The highest BCUT2D eigenvalue weighted by molar-refractivity contribution is 5.93. The minimum atomic E-state index is -0.557. The number of piperazine rings is 1. The van der Waals surface area contributed by atoms with Crippen molar-refractivity contribution in [2.24, 2.45) is 0 Å². The van der Waals surface area contributed by atoms with E-state index in [9.17, 15) is 9.59 Å². The van der Waals surface area contributed by atoms with Crippen LogP contribution in [0.2, 0.25) is 0 Å². The summed E-state index contributed by atoms with van der Waals surface area (Å²) < 4.78 is 27.7. The normalized spacial score (nSPS) is 17.6. The summed E-state index contributed by atoms with van der Waals surface area (Å²) in [7, 11) is 0. The number of benzene rings is 3. The number of nitrogens with one attached hydrogen (secondary N) is 1. The van der Waals surface area contributed by atoms with Gasteiger partial charge in [-0.3, -0.25) is 9.69 Å². The Kier molecular flexibility index (Phi) is 14.2. The number of hydrogen-bond donors (Lipinski definition) is 1. The van der Waals surface area contributed by atoms with E-state index in [1.807, 2.05) is 132 Å². The van der Waals surface area contributed by atoms with Crippen LogP contribution in [0.5, 0.6) is 11.8 Å². The van der Waals surface area contributed by atoms with Crippen LogP contribution < -0.4 is 14.8 Å². The molecule has 53 heavy (non-hydrogen) atoms. The number of anilines is 1. The molecule has 1 N–H and O–H groups in total. The molecule has 2 saturated heterocycles. The van der Waals surface area contributed by atoms with Gasteiger partial charge in [-0.2, -0.15) is 4.98 Å². The van der Waals surface area contributed by atoms with Gasteiger partial charge in [-0.25, -0.2) is 4.79 Å². The van der Waals surface area contributed by atoms with E-state index in [1.54, 1.807) is 4.90 Å². The molecular weight excluding hydrogens is 672 g/mol. The van der Waals surface area contributed by atoms with Crippen LogP contribution in [0, 0.1) is 0 Å². The van der Waals surface area contributed by atoms with E-state index in [4.69, 9.17) is 28.7 Å². The zero-order chi connectivity index (χ0) is 37.6. The second-order valence-electron chi connectivity index (χ2n) is 14.2. The van der Waals surface area contributed by atoms with Gasteiger partial charge in [0, 0.05) is 42.5 Å². The largest absolute Gasteiger partial charge is 0.473 e. The second kappa shape index (κ2) is 19.2. The summed E-state index contributed by atoms with van der Waals surface area (Å²) in [6.45, 7) is 14.7.